The second-order valence-corrected chi connectivity index (χ2v) is 7.57. The summed E-state index contributed by atoms with van der Waals surface area (Å²) in [7, 11) is -2.56. The van der Waals surface area contributed by atoms with Crippen LogP contribution in [0.15, 0.2) is 47.4 Å². The largest absolute Gasteiger partial charge is 0.465 e. The van der Waals surface area contributed by atoms with Gasteiger partial charge in [-0.15, -0.1) is 0 Å². The Labute approximate surface area is 164 Å². The zero-order chi connectivity index (χ0) is 20.7. The first kappa shape index (κ1) is 21.4. The maximum absolute atomic E-state index is 12.1. The molecule has 0 aliphatic heterocycles. The minimum Gasteiger partial charge on any atom is -0.465 e. The maximum atomic E-state index is 12.1. The molecule has 9 heteroatoms. The highest BCUT2D eigenvalue weighted by Crippen LogP contribution is 2.20. The van der Waals surface area contributed by atoms with Gasteiger partial charge in [0.2, 0.25) is 10.0 Å². The third kappa shape index (κ3) is 5.80. The second-order valence-electron chi connectivity index (χ2n) is 6.04. The number of rotatable bonds is 7. The Morgan fingerprint density at radius 3 is 2.54 bits per heavy atom. The fraction of sp³-hybridized carbons (Fsp3) is 0.263. The first-order valence-corrected chi connectivity index (χ1v) is 10.2. The third-order valence-electron chi connectivity index (χ3n) is 4.06. The molecule has 0 aliphatic rings. The zero-order valence-corrected chi connectivity index (χ0v) is 16.5. The molecular formula is C19H23N3O5S. The molecule has 28 heavy (non-hydrogen) atoms. The molecular weight excluding hydrogens is 382 g/mol. The lowest BCUT2D eigenvalue weighted by Gasteiger charge is -2.11. The van der Waals surface area contributed by atoms with Gasteiger partial charge in [-0.3, -0.25) is 0 Å². The quantitative estimate of drug-likeness (QED) is 0.608. The number of benzene rings is 2. The lowest BCUT2D eigenvalue weighted by molar-refractivity contribution is 0.0600. The van der Waals surface area contributed by atoms with Crippen molar-refractivity contribution in [2.45, 2.75) is 24.7 Å². The van der Waals surface area contributed by atoms with Crippen LogP contribution in [0.4, 0.5) is 10.5 Å². The Morgan fingerprint density at radius 2 is 1.89 bits per heavy atom. The molecule has 0 bridgehead atoms. The Hall–Kier alpha value is -2.91. The molecule has 0 atom stereocenters. The summed E-state index contributed by atoms with van der Waals surface area (Å²) in [6.45, 7) is 2.14. The summed E-state index contributed by atoms with van der Waals surface area (Å²) in [4.78, 5) is 23.6. The van der Waals surface area contributed by atoms with Gasteiger partial charge in [-0.2, -0.15) is 0 Å². The molecule has 0 aliphatic carbocycles. The number of carbonyl (C=O) groups excluding carboxylic acids is 2. The van der Waals surface area contributed by atoms with Crippen LogP contribution in [-0.4, -0.2) is 34.1 Å². The van der Waals surface area contributed by atoms with E-state index in [0.29, 0.717) is 36.2 Å². The third-order valence-corrected chi connectivity index (χ3v) is 5.05. The molecule has 0 fully saturated rings. The minimum atomic E-state index is -3.88. The van der Waals surface area contributed by atoms with Gasteiger partial charge in [0.1, 0.15) is 0 Å². The van der Waals surface area contributed by atoms with Gasteiger partial charge in [0.25, 0.3) is 0 Å². The molecule has 4 N–H and O–H groups in total. The number of aryl methyl sites for hydroxylation is 1. The van der Waals surface area contributed by atoms with Crippen LogP contribution in [0.1, 0.15) is 28.4 Å². The average Bonchev–Trinajstić information content (AvgIpc) is 2.67. The number of sulfonamides is 1. The minimum absolute atomic E-state index is 0.00701. The number of hydrogen-bond acceptors (Lipinski definition) is 5. The Kier molecular flexibility index (Phi) is 7.13. The predicted molar refractivity (Wildman–Crippen MR) is 106 cm³/mol. The van der Waals surface area contributed by atoms with Crippen LogP contribution >= 0.6 is 0 Å². The highest BCUT2D eigenvalue weighted by Gasteiger charge is 2.14. The van der Waals surface area contributed by atoms with Gasteiger partial charge in [0, 0.05) is 12.2 Å². The number of hydrogen-bond donors (Lipinski definition) is 3. The molecule has 0 heterocycles. The molecule has 8 nitrogen and oxygen atoms in total. The van der Waals surface area contributed by atoms with Crippen LogP contribution in [0.25, 0.3) is 0 Å². The summed E-state index contributed by atoms with van der Waals surface area (Å²) >= 11 is 0. The fourth-order valence-electron chi connectivity index (χ4n) is 2.66. The zero-order valence-electron chi connectivity index (χ0n) is 15.7. The van der Waals surface area contributed by atoms with Crippen LogP contribution < -0.4 is 15.8 Å². The normalized spacial score (nSPS) is 11.0. The van der Waals surface area contributed by atoms with Crippen molar-refractivity contribution in [2.75, 3.05) is 19.0 Å². The number of nitrogens with one attached hydrogen (secondary N) is 2. The van der Waals surface area contributed by atoms with Gasteiger partial charge >= 0.3 is 12.0 Å². The second kappa shape index (κ2) is 9.34. The van der Waals surface area contributed by atoms with E-state index < -0.39 is 22.0 Å². The molecule has 0 spiro atoms. The van der Waals surface area contributed by atoms with Gasteiger partial charge in [0.05, 0.1) is 17.6 Å². The monoisotopic (exact) mass is 405 g/mol. The van der Waals surface area contributed by atoms with Gasteiger partial charge in [-0.1, -0.05) is 25.1 Å². The molecule has 2 aromatic carbocycles. The van der Waals surface area contributed by atoms with Crippen LogP contribution in [-0.2, 0) is 27.6 Å². The summed E-state index contributed by atoms with van der Waals surface area (Å²) in [6, 6.07) is 11.0. The van der Waals surface area contributed by atoms with Crippen LogP contribution in [0.3, 0.4) is 0 Å². The van der Waals surface area contributed by atoms with Gasteiger partial charge < -0.3 is 15.4 Å². The molecule has 2 aromatic rings. The van der Waals surface area contributed by atoms with Crippen molar-refractivity contribution in [3.05, 3.63) is 59.2 Å². The molecule has 0 saturated carbocycles. The summed E-state index contributed by atoms with van der Waals surface area (Å²) in [5.74, 6) is -0.422. The lowest BCUT2D eigenvalue weighted by Crippen LogP contribution is -2.30. The first-order chi connectivity index (χ1) is 13.2. The van der Waals surface area contributed by atoms with Crippen molar-refractivity contribution in [3.63, 3.8) is 0 Å². The molecule has 0 radical (unpaired) electrons. The summed E-state index contributed by atoms with van der Waals surface area (Å²) < 4.78 is 28.1. The Balaban J connectivity index is 1.96. The van der Waals surface area contributed by atoms with Crippen molar-refractivity contribution in [1.29, 1.82) is 0 Å². The van der Waals surface area contributed by atoms with Crippen molar-refractivity contribution < 1.29 is 22.7 Å². The van der Waals surface area contributed by atoms with E-state index in [-0.39, 0.29) is 4.90 Å². The highest BCUT2D eigenvalue weighted by atomic mass is 32.2. The van der Waals surface area contributed by atoms with Crippen molar-refractivity contribution in [3.8, 4) is 0 Å². The van der Waals surface area contributed by atoms with Crippen LogP contribution in [0.2, 0.25) is 0 Å². The summed E-state index contributed by atoms with van der Waals surface area (Å²) in [6.07, 6.45) is 1.01. The van der Waals surface area contributed by atoms with Crippen molar-refractivity contribution in [1.82, 2.24) is 5.32 Å². The van der Waals surface area contributed by atoms with Crippen LogP contribution in [0.5, 0.6) is 0 Å². The van der Waals surface area contributed by atoms with E-state index in [9.17, 15) is 18.0 Å². The number of amides is 2. The lowest BCUT2D eigenvalue weighted by atomic mass is 10.1. The number of urea groups is 1. The number of methoxy groups -OCH3 is 1. The van der Waals surface area contributed by atoms with Gasteiger partial charge in [-0.25, -0.2) is 23.1 Å². The number of carbonyl (C=O) groups is 2. The fourth-order valence-corrected chi connectivity index (χ4v) is 3.53. The Bertz CT molecular complexity index is 973. The van der Waals surface area contributed by atoms with E-state index in [4.69, 9.17) is 5.14 Å². The standard InChI is InChI=1S/C19H23N3O5S/c1-3-14-7-8-16(12-17(14)28(20,25)26)22-19(24)21-10-9-13-5-4-6-15(11-13)18(23)27-2/h4-8,11-12H,3,9-10H2,1-2H3,(H2,20,25,26)(H2,21,22,24). The predicted octanol–water partition coefficient (Wildman–Crippen LogP) is 2.05. The van der Waals surface area contributed by atoms with Crippen molar-refractivity contribution in [2.24, 2.45) is 5.14 Å². The van der Waals surface area contributed by atoms with Crippen LogP contribution in [0, 0.1) is 0 Å². The summed E-state index contributed by atoms with van der Waals surface area (Å²) in [5, 5.41) is 10.5. The van der Waals surface area contributed by atoms with Crippen molar-refractivity contribution >= 4 is 27.7 Å². The number of anilines is 1. The highest BCUT2D eigenvalue weighted by molar-refractivity contribution is 7.89. The molecule has 2 rings (SSSR count). The molecule has 0 aromatic heterocycles. The number of esters is 1. The van der Waals surface area contributed by atoms with E-state index in [2.05, 4.69) is 15.4 Å². The number of primary sulfonamides is 1. The Morgan fingerprint density at radius 1 is 1.14 bits per heavy atom. The maximum Gasteiger partial charge on any atom is 0.337 e. The van der Waals surface area contributed by atoms with Gasteiger partial charge in [0.15, 0.2) is 0 Å². The van der Waals surface area contributed by atoms with E-state index in [1.54, 1.807) is 30.3 Å². The topological polar surface area (TPSA) is 128 Å². The molecule has 2 amide bonds. The van der Waals surface area contributed by atoms with E-state index in [0.717, 1.165) is 5.56 Å². The number of nitrogens with two attached hydrogens (primary N) is 1. The average molecular weight is 405 g/mol. The molecule has 150 valence electrons. The first-order valence-electron chi connectivity index (χ1n) is 8.62. The smallest absolute Gasteiger partial charge is 0.337 e. The van der Waals surface area contributed by atoms with E-state index >= 15 is 0 Å². The summed E-state index contributed by atoms with van der Waals surface area (Å²) in [5.41, 5.74) is 2.22. The SMILES string of the molecule is CCc1ccc(NC(=O)NCCc2cccc(C(=O)OC)c2)cc1S(N)(=O)=O. The van der Waals surface area contributed by atoms with E-state index in [1.165, 1.54) is 13.2 Å². The molecule has 0 unspecified atom stereocenters. The van der Waals surface area contributed by atoms with Gasteiger partial charge in [-0.05, 0) is 48.2 Å². The van der Waals surface area contributed by atoms with E-state index in [1.807, 2.05) is 13.0 Å². The molecule has 0 saturated heterocycles. The number of ether oxygens (including phenoxy) is 1.